The van der Waals surface area contributed by atoms with E-state index in [9.17, 15) is 10.2 Å². The van der Waals surface area contributed by atoms with Crippen LogP contribution in [0.4, 0.5) is 0 Å². The summed E-state index contributed by atoms with van der Waals surface area (Å²) in [6.45, 7) is 7.11. The number of hydrogen-bond acceptors (Lipinski definition) is 3. The molecular weight excluding hydrogens is 376 g/mol. The summed E-state index contributed by atoms with van der Waals surface area (Å²) in [6.07, 6.45) is 5.22. The maximum atomic E-state index is 11.1. The van der Waals surface area contributed by atoms with Gasteiger partial charge >= 0.3 is 0 Å². The Labute approximate surface area is 176 Å². The van der Waals surface area contributed by atoms with E-state index >= 15 is 0 Å². The second kappa shape index (κ2) is 9.39. The van der Waals surface area contributed by atoms with Gasteiger partial charge in [0.2, 0.25) is 0 Å². The lowest BCUT2D eigenvalue weighted by Crippen LogP contribution is -2.67. The van der Waals surface area contributed by atoms with Crippen LogP contribution in [-0.2, 0) is 4.43 Å². The van der Waals surface area contributed by atoms with Crippen molar-refractivity contribution in [2.45, 2.75) is 44.8 Å². The van der Waals surface area contributed by atoms with Gasteiger partial charge in [0.1, 0.15) is 0 Å². The van der Waals surface area contributed by atoms with Crippen LogP contribution in [0.15, 0.2) is 72.8 Å². The smallest absolute Gasteiger partial charge is 0.261 e. The summed E-state index contributed by atoms with van der Waals surface area (Å²) in [5.41, 5.74) is 0. The van der Waals surface area contributed by atoms with Gasteiger partial charge in [0.25, 0.3) is 8.32 Å². The molecule has 3 atom stereocenters. The van der Waals surface area contributed by atoms with E-state index in [2.05, 4.69) is 81.5 Å². The summed E-state index contributed by atoms with van der Waals surface area (Å²) >= 11 is 0. The normalized spacial score (nSPS) is 21.1. The molecule has 0 radical (unpaired) electrons. The molecule has 156 valence electrons. The molecule has 0 aromatic heterocycles. The molecule has 0 saturated heterocycles. The van der Waals surface area contributed by atoms with Crippen molar-refractivity contribution in [3.63, 3.8) is 0 Å². The maximum Gasteiger partial charge on any atom is 0.261 e. The van der Waals surface area contributed by atoms with Crippen LogP contribution in [0.2, 0.25) is 5.04 Å². The maximum absolute atomic E-state index is 11.1. The molecule has 1 aliphatic carbocycles. The van der Waals surface area contributed by atoms with Crippen molar-refractivity contribution in [1.29, 1.82) is 0 Å². The lowest BCUT2D eigenvalue weighted by atomic mass is 9.80. The first-order valence-corrected chi connectivity index (χ1v) is 12.5. The van der Waals surface area contributed by atoms with Gasteiger partial charge in [-0.05, 0) is 40.1 Å². The zero-order chi connectivity index (χ0) is 20.9. The Kier molecular flexibility index (Phi) is 7.12. The highest BCUT2D eigenvalue weighted by Crippen LogP contribution is 2.37. The molecule has 29 heavy (non-hydrogen) atoms. The molecule has 2 aromatic rings. The molecule has 0 bridgehead atoms. The molecule has 3 rings (SSSR count). The Hall–Kier alpha value is -1.72. The second-order valence-corrected chi connectivity index (χ2v) is 13.4. The van der Waals surface area contributed by atoms with Crippen LogP contribution in [0.25, 0.3) is 0 Å². The van der Waals surface area contributed by atoms with Crippen LogP contribution in [0.5, 0.6) is 0 Å². The Morgan fingerprint density at radius 1 is 0.931 bits per heavy atom. The van der Waals surface area contributed by atoms with E-state index in [1.165, 1.54) is 10.4 Å². The van der Waals surface area contributed by atoms with E-state index in [1.54, 1.807) is 0 Å². The van der Waals surface area contributed by atoms with Crippen LogP contribution in [0, 0.1) is 11.8 Å². The largest absolute Gasteiger partial charge is 0.405 e. The fourth-order valence-electron chi connectivity index (χ4n) is 4.67. The predicted molar refractivity (Wildman–Crippen MR) is 122 cm³/mol. The van der Waals surface area contributed by atoms with Gasteiger partial charge in [0.05, 0.1) is 12.7 Å². The minimum absolute atomic E-state index is 0.0308. The van der Waals surface area contributed by atoms with Crippen LogP contribution in [0.3, 0.4) is 0 Å². The SMILES string of the molecule is CC(C)(C)[Si](OC[C@@H](O)[C@H]1CC=CC[C@H]1CO)(c1ccccc1)c1ccccc1. The number of aliphatic hydroxyl groups is 2. The van der Waals surface area contributed by atoms with Crippen molar-refractivity contribution >= 4 is 18.7 Å². The van der Waals surface area contributed by atoms with Gasteiger partial charge in [0, 0.05) is 6.61 Å². The first-order valence-electron chi connectivity index (χ1n) is 10.6. The van der Waals surface area contributed by atoms with Crippen molar-refractivity contribution in [1.82, 2.24) is 0 Å². The first-order chi connectivity index (χ1) is 13.9. The molecule has 0 aliphatic heterocycles. The Bertz CT molecular complexity index is 743. The summed E-state index contributed by atoms with van der Waals surface area (Å²) < 4.78 is 6.86. The fourth-order valence-corrected chi connectivity index (χ4v) is 9.24. The van der Waals surface area contributed by atoms with Crippen LogP contribution >= 0.6 is 0 Å². The highest BCUT2D eigenvalue weighted by atomic mass is 28.4. The molecule has 4 heteroatoms. The van der Waals surface area contributed by atoms with E-state index in [-0.39, 0.29) is 30.1 Å². The van der Waals surface area contributed by atoms with Gasteiger partial charge in [-0.25, -0.2) is 0 Å². The molecule has 0 heterocycles. The third-order valence-corrected chi connectivity index (χ3v) is 11.2. The lowest BCUT2D eigenvalue weighted by molar-refractivity contribution is 0.0128. The molecule has 0 fully saturated rings. The number of hydrogen-bond donors (Lipinski definition) is 2. The summed E-state index contributed by atoms with van der Waals surface area (Å²) in [7, 11) is -2.65. The molecular formula is C25H34O3Si. The molecule has 0 saturated carbocycles. The summed E-state index contributed by atoms with van der Waals surface area (Å²) in [5, 5.41) is 23.1. The van der Waals surface area contributed by atoms with E-state index in [1.807, 2.05) is 12.1 Å². The number of aliphatic hydroxyl groups excluding tert-OH is 2. The van der Waals surface area contributed by atoms with E-state index in [0.717, 1.165) is 12.8 Å². The molecule has 3 nitrogen and oxygen atoms in total. The minimum Gasteiger partial charge on any atom is -0.405 e. The van der Waals surface area contributed by atoms with E-state index in [4.69, 9.17) is 4.43 Å². The lowest BCUT2D eigenvalue weighted by Gasteiger charge is -2.44. The van der Waals surface area contributed by atoms with Gasteiger partial charge in [-0.3, -0.25) is 0 Å². The van der Waals surface area contributed by atoms with Crippen LogP contribution in [-0.4, -0.2) is 37.8 Å². The third kappa shape index (κ3) is 4.56. The summed E-state index contributed by atoms with van der Waals surface area (Å²) in [4.78, 5) is 0. The van der Waals surface area contributed by atoms with Crippen molar-refractivity contribution in [3.05, 3.63) is 72.8 Å². The number of benzene rings is 2. The molecule has 2 aromatic carbocycles. The van der Waals surface area contributed by atoms with Crippen LogP contribution in [0.1, 0.15) is 33.6 Å². The molecule has 1 aliphatic rings. The van der Waals surface area contributed by atoms with Gasteiger partial charge < -0.3 is 14.6 Å². The van der Waals surface area contributed by atoms with Gasteiger partial charge in [-0.2, -0.15) is 0 Å². The standard InChI is InChI=1S/C25H34O3Si/c1-25(2,3)29(21-13-6-4-7-14-21,22-15-8-5-9-16-22)28-19-24(27)23-17-11-10-12-20(23)18-26/h4-11,13-16,20,23-24,26-27H,12,17-19H2,1-3H3/t20-,23-,24+/m0/s1. The van der Waals surface area contributed by atoms with Crippen molar-refractivity contribution in [2.75, 3.05) is 13.2 Å². The zero-order valence-corrected chi connectivity index (χ0v) is 18.8. The van der Waals surface area contributed by atoms with Crippen LogP contribution < -0.4 is 10.4 Å². The average molecular weight is 411 g/mol. The number of allylic oxidation sites excluding steroid dienone is 2. The fraction of sp³-hybridized carbons (Fsp3) is 0.440. The Balaban J connectivity index is 1.97. The minimum atomic E-state index is -2.65. The topological polar surface area (TPSA) is 49.7 Å². The first kappa shape index (κ1) is 22.0. The zero-order valence-electron chi connectivity index (χ0n) is 17.8. The summed E-state index contributed by atoms with van der Waals surface area (Å²) in [5.74, 6) is 0.126. The number of rotatable bonds is 7. The second-order valence-electron chi connectivity index (χ2n) is 9.09. The Morgan fingerprint density at radius 3 is 1.93 bits per heavy atom. The molecule has 0 spiro atoms. The quantitative estimate of drug-likeness (QED) is 0.543. The highest BCUT2D eigenvalue weighted by Gasteiger charge is 2.50. The monoisotopic (exact) mass is 410 g/mol. The van der Waals surface area contributed by atoms with Crippen molar-refractivity contribution in [3.8, 4) is 0 Å². The van der Waals surface area contributed by atoms with Crippen molar-refractivity contribution in [2.24, 2.45) is 11.8 Å². The Morgan fingerprint density at radius 2 is 1.45 bits per heavy atom. The molecule has 0 amide bonds. The van der Waals surface area contributed by atoms with Gasteiger partial charge in [-0.1, -0.05) is 93.6 Å². The van der Waals surface area contributed by atoms with E-state index in [0.29, 0.717) is 0 Å². The molecule has 0 unspecified atom stereocenters. The predicted octanol–water partition coefficient (Wildman–Crippen LogP) is 3.50. The third-order valence-electron chi connectivity index (χ3n) is 6.24. The van der Waals surface area contributed by atoms with E-state index < -0.39 is 14.4 Å². The highest BCUT2D eigenvalue weighted by molar-refractivity contribution is 6.99. The van der Waals surface area contributed by atoms with Gasteiger partial charge in [0.15, 0.2) is 0 Å². The average Bonchev–Trinajstić information content (AvgIpc) is 2.74. The van der Waals surface area contributed by atoms with Crippen molar-refractivity contribution < 1.29 is 14.6 Å². The van der Waals surface area contributed by atoms with Gasteiger partial charge in [-0.15, -0.1) is 0 Å². The summed E-state index contributed by atoms with van der Waals surface area (Å²) in [6, 6.07) is 21.0. The molecule has 2 N–H and O–H groups in total.